The van der Waals surface area contributed by atoms with Gasteiger partial charge in [0.25, 0.3) is 0 Å². The lowest BCUT2D eigenvalue weighted by Crippen LogP contribution is -2.44. The number of hydrogen-bond acceptors (Lipinski definition) is 4. The first kappa shape index (κ1) is 18.6. The van der Waals surface area contributed by atoms with Gasteiger partial charge in [0.15, 0.2) is 0 Å². The molecule has 1 fully saturated rings. The number of amides is 1. The van der Waals surface area contributed by atoms with Crippen LogP contribution < -0.4 is 15.1 Å². The van der Waals surface area contributed by atoms with Gasteiger partial charge in [-0.05, 0) is 24.0 Å². The van der Waals surface area contributed by atoms with E-state index in [0.29, 0.717) is 25.0 Å². The molecular weight excluding hydrogens is 302 g/mol. The monoisotopic (exact) mass is 333 g/mol. The van der Waals surface area contributed by atoms with Gasteiger partial charge in [0.05, 0.1) is 18.0 Å². The minimum absolute atomic E-state index is 0.250. The number of hydrogen-bond donors (Lipinski definition) is 1. The lowest BCUT2D eigenvalue weighted by Gasteiger charge is -2.34. The van der Waals surface area contributed by atoms with Gasteiger partial charge in [0.1, 0.15) is 0 Å². The summed E-state index contributed by atoms with van der Waals surface area (Å²) in [5.41, 5.74) is 2.06. The Balaban J connectivity index is 2.26. The van der Waals surface area contributed by atoms with Gasteiger partial charge in [-0.3, -0.25) is 4.90 Å². The van der Waals surface area contributed by atoms with E-state index in [1.165, 1.54) is 0 Å². The summed E-state index contributed by atoms with van der Waals surface area (Å²) in [6, 6.07) is 8.15. The summed E-state index contributed by atoms with van der Waals surface area (Å²) in [5.74, 6) is 0.700. The van der Waals surface area contributed by atoms with E-state index in [4.69, 9.17) is 4.74 Å². The van der Waals surface area contributed by atoms with Gasteiger partial charge in [-0.15, -0.1) is 0 Å². The second-order valence-electron chi connectivity index (χ2n) is 7.20. The second-order valence-corrected chi connectivity index (χ2v) is 7.20. The molecule has 1 aliphatic rings. The van der Waals surface area contributed by atoms with Crippen LogP contribution in [0.5, 0.6) is 0 Å². The summed E-state index contributed by atoms with van der Waals surface area (Å²) in [6.07, 6.45) is -0.250. The molecule has 0 bridgehead atoms. The van der Waals surface area contributed by atoms with E-state index in [2.05, 4.69) is 44.0 Å². The number of nitrogens with one attached hydrogen (secondary N) is 1. The van der Waals surface area contributed by atoms with Crippen LogP contribution >= 0.6 is 0 Å². The van der Waals surface area contributed by atoms with Gasteiger partial charge >= 0.3 is 6.09 Å². The molecule has 1 N–H and O–H groups in total. The van der Waals surface area contributed by atoms with E-state index in [0.717, 1.165) is 37.6 Å². The first-order valence-corrected chi connectivity index (χ1v) is 8.98. The van der Waals surface area contributed by atoms with Crippen molar-refractivity contribution in [2.45, 2.75) is 27.7 Å². The van der Waals surface area contributed by atoms with Crippen molar-refractivity contribution in [3.63, 3.8) is 0 Å². The highest BCUT2D eigenvalue weighted by atomic mass is 16.6. The largest absolute Gasteiger partial charge is 0.449 e. The van der Waals surface area contributed by atoms with Crippen LogP contribution in [0.15, 0.2) is 24.3 Å². The molecule has 1 amide bonds. The molecule has 0 spiro atoms. The SMILES string of the molecule is CC(C)COC(=O)N(CC(C)C)c1ccccc1N1CCNCC1. The zero-order valence-electron chi connectivity index (χ0n) is 15.4. The maximum Gasteiger partial charge on any atom is 0.414 e. The quantitative estimate of drug-likeness (QED) is 0.867. The zero-order chi connectivity index (χ0) is 17.5. The number of piperazine rings is 1. The Labute approximate surface area is 146 Å². The normalized spacial score (nSPS) is 15.0. The summed E-state index contributed by atoms with van der Waals surface area (Å²) in [4.78, 5) is 16.8. The summed E-state index contributed by atoms with van der Waals surface area (Å²) in [6.45, 7) is 13.3. The summed E-state index contributed by atoms with van der Waals surface area (Å²) < 4.78 is 5.52. The number of para-hydroxylation sites is 2. The molecule has 1 heterocycles. The first-order valence-electron chi connectivity index (χ1n) is 8.98. The Morgan fingerprint density at radius 1 is 1.17 bits per heavy atom. The third-order valence-corrected chi connectivity index (χ3v) is 3.94. The topological polar surface area (TPSA) is 44.8 Å². The fourth-order valence-electron chi connectivity index (χ4n) is 2.82. The average Bonchev–Trinajstić information content (AvgIpc) is 2.58. The van der Waals surface area contributed by atoms with E-state index in [1.54, 1.807) is 4.90 Å². The molecule has 0 aliphatic carbocycles. The van der Waals surface area contributed by atoms with Crippen molar-refractivity contribution in [2.75, 3.05) is 49.1 Å². The highest BCUT2D eigenvalue weighted by molar-refractivity contribution is 5.92. The molecule has 1 aromatic rings. The van der Waals surface area contributed by atoms with Crippen molar-refractivity contribution in [1.29, 1.82) is 0 Å². The van der Waals surface area contributed by atoms with Crippen LogP contribution in [0, 0.1) is 11.8 Å². The fourth-order valence-corrected chi connectivity index (χ4v) is 2.82. The van der Waals surface area contributed by atoms with Crippen molar-refractivity contribution < 1.29 is 9.53 Å². The molecule has 0 unspecified atom stereocenters. The highest BCUT2D eigenvalue weighted by Gasteiger charge is 2.24. The number of nitrogens with zero attached hydrogens (tertiary/aromatic N) is 2. The average molecular weight is 333 g/mol. The van der Waals surface area contributed by atoms with Crippen LogP contribution in [0.2, 0.25) is 0 Å². The minimum Gasteiger partial charge on any atom is -0.449 e. The molecule has 0 saturated carbocycles. The number of carbonyl (C=O) groups excluding carboxylic acids is 1. The zero-order valence-corrected chi connectivity index (χ0v) is 15.4. The Bertz CT molecular complexity index is 525. The lowest BCUT2D eigenvalue weighted by atomic mass is 10.1. The van der Waals surface area contributed by atoms with E-state index in [-0.39, 0.29) is 6.09 Å². The number of rotatable bonds is 6. The van der Waals surface area contributed by atoms with E-state index < -0.39 is 0 Å². The van der Waals surface area contributed by atoms with Crippen LogP contribution in [0.1, 0.15) is 27.7 Å². The van der Waals surface area contributed by atoms with E-state index >= 15 is 0 Å². The number of anilines is 2. The lowest BCUT2D eigenvalue weighted by molar-refractivity contribution is 0.139. The number of carbonyl (C=O) groups is 1. The van der Waals surface area contributed by atoms with Crippen molar-refractivity contribution in [3.8, 4) is 0 Å². The van der Waals surface area contributed by atoms with Crippen molar-refractivity contribution in [3.05, 3.63) is 24.3 Å². The van der Waals surface area contributed by atoms with Crippen molar-refractivity contribution in [1.82, 2.24) is 5.32 Å². The Morgan fingerprint density at radius 2 is 1.83 bits per heavy atom. The maximum atomic E-state index is 12.7. The minimum atomic E-state index is -0.250. The van der Waals surface area contributed by atoms with Gasteiger partial charge in [0.2, 0.25) is 0 Å². The van der Waals surface area contributed by atoms with Crippen LogP contribution in [0.4, 0.5) is 16.2 Å². The summed E-state index contributed by atoms with van der Waals surface area (Å²) in [7, 11) is 0. The number of ether oxygens (including phenoxy) is 1. The van der Waals surface area contributed by atoms with Gasteiger partial charge in [-0.25, -0.2) is 4.79 Å². The standard InChI is InChI=1S/C19H31N3O2/c1-15(2)13-22(19(23)24-14-16(3)4)18-8-6-5-7-17(18)21-11-9-20-10-12-21/h5-8,15-16,20H,9-14H2,1-4H3. The molecular formula is C19H31N3O2. The van der Waals surface area contributed by atoms with Gasteiger partial charge < -0.3 is 15.0 Å². The molecule has 5 heteroatoms. The molecule has 0 radical (unpaired) electrons. The summed E-state index contributed by atoms with van der Waals surface area (Å²) >= 11 is 0. The molecule has 1 aliphatic heterocycles. The van der Waals surface area contributed by atoms with Crippen molar-refractivity contribution in [2.24, 2.45) is 11.8 Å². The van der Waals surface area contributed by atoms with Crippen LogP contribution in [-0.2, 0) is 4.74 Å². The Hall–Kier alpha value is -1.75. The van der Waals surface area contributed by atoms with Crippen molar-refractivity contribution >= 4 is 17.5 Å². The van der Waals surface area contributed by atoms with Crippen LogP contribution in [0.25, 0.3) is 0 Å². The molecule has 0 aromatic heterocycles. The van der Waals surface area contributed by atoms with E-state index in [9.17, 15) is 4.79 Å². The third kappa shape index (κ3) is 5.13. The van der Waals surface area contributed by atoms with Gasteiger partial charge in [0, 0.05) is 32.7 Å². The molecule has 5 nitrogen and oxygen atoms in total. The molecule has 2 rings (SSSR count). The van der Waals surface area contributed by atoms with Gasteiger partial charge in [-0.1, -0.05) is 39.8 Å². The Kier molecular flexibility index (Phi) is 6.91. The molecule has 24 heavy (non-hydrogen) atoms. The highest BCUT2D eigenvalue weighted by Crippen LogP contribution is 2.30. The first-order chi connectivity index (χ1) is 11.5. The molecule has 134 valence electrons. The van der Waals surface area contributed by atoms with Crippen LogP contribution in [0.3, 0.4) is 0 Å². The smallest absolute Gasteiger partial charge is 0.414 e. The maximum absolute atomic E-state index is 12.7. The molecule has 1 saturated heterocycles. The predicted molar refractivity (Wildman–Crippen MR) is 99.9 cm³/mol. The third-order valence-electron chi connectivity index (χ3n) is 3.94. The van der Waals surface area contributed by atoms with E-state index in [1.807, 2.05) is 18.2 Å². The fraction of sp³-hybridized carbons (Fsp3) is 0.632. The second kappa shape index (κ2) is 8.92. The summed E-state index contributed by atoms with van der Waals surface area (Å²) in [5, 5.41) is 3.37. The number of benzene rings is 1. The Morgan fingerprint density at radius 3 is 2.46 bits per heavy atom. The molecule has 0 atom stereocenters. The van der Waals surface area contributed by atoms with Crippen LogP contribution in [-0.4, -0.2) is 45.4 Å². The van der Waals surface area contributed by atoms with Gasteiger partial charge in [-0.2, -0.15) is 0 Å². The predicted octanol–water partition coefficient (Wildman–Crippen LogP) is 3.35. The molecule has 1 aromatic carbocycles.